The molecule has 0 saturated carbocycles. The Labute approximate surface area is 200 Å². The quantitative estimate of drug-likeness (QED) is 0.435. The van der Waals surface area contributed by atoms with E-state index in [2.05, 4.69) is 22.5 Å². The van der Waals surface area contributed by atoms with Crippen LogP contribution in [0.25, 0.3) is 0 Å². The number of thioether (sulfide) groups is 1. The highest BCUT2D eigenvalue weighted by molar-refractivity contribution is 8.02. The molecule has 4 saturated heterocycles. The molecule has 186 valence electrons. The molecule has 0 radical (unpaired) electrons. The smallest absolute Gasteiger partial charge is 0.244 e. The normalized spacial score (nSPS) is 36.8. The Bertz CT molecular complexity index is 791. The first-order chi connectivity index (χ1) is 15.7. The molecule has 3 amide bonds. The van der Waals surface area contributed by atoms with E-state index in [0.29, 0.717) is 26.2 Å². The molecule has 4 aliphatic rings. The van der Waals surface area contributed by atoms with Crippen LogP contribution in [-0.4, -0.2) is 107 Å². The predicted octanol–water partition coefficient (Wildman–Crippen LogP) is -0.321. The van der Waals surface area contributed by atoms with Gasteiger partial charge in [0.25, 0.3) is 0 Å². The Morgan fingerprint density at radius 2 is 1.94 bits per heavy atom. The van der Waals surface area contributed by atoms with Gasteiger partial charge in [0.15, 0.2) is 0 Å². The number of fused-ring (bicyclic) bond motifs is 1. The van der Waals surface area contributed by atoms with Crippen molar-refractivity contribution in [3.8, 4) is 0 Å². The number of rotatable bonds is 8. The molecule has 3 N–H and O–H groups in total. The number of amides is 3. The van der Waals surface area contributed by atoms with E-state index in [-0.39, 0.29) is 35.0 Å². The number of morpholine rings is 1. The topological polar surface area (TPSA) is 111 Å². The van der Waals surface area contributed by atoms with E-state index in [1.54, 1.807) is 23.7 Å². The van der Waals surface area contributed by atoms with Gasteiger partial charge < -0.3 is 25.4 Å². The SMILES string of the molecule is CNC(=O)[C@@H]1[C@H]2C(=O)N([C@@H](CO)C(C)C)C(C(=O)NCCN3CCOCC3)C23CC[C@@]1(C)S3. The van der Waals surface area contributed by atoms with Crippen molar-refractivity contribution < 1.29 is 24.2 Å². The van der Waals surface area contributed by atoms with E-state index in [1.807, 2.05) is 13.8 Å². The maximum atomic E-state index is 13.9. The van der Waals surface area contributed by atoms with Gasteiger partial charge in [0.05, 0.1) is 42.4 Å². The fourth-order valence-corrected chi connectivity index (χ4v) is 8.80. The number of carbonyl (C=O) groups excluding carboxylic acids is 3. The summed E-state index contributed by atoms with van der Waals surface area (Å²) in [5.74, 6) is -1.52. The number of likely N-dealkylation sites (tertiary alicyclic amines) is 1. The van der Waals surface area contributed by atoms with Crippen LogP contribution in [0.4, 0.5) is 0 Å². The molecule has 10 heteroatoms. The van der Waals surface area contributed by atoms with E-state index in [0.717, 1.165) is 26.1 Å². The second-order valence-corrected chi connectivity index (χ2v) is 12.2. The minimum absolute atomic E-state index is 0.0194. The van der Waals surface area contributed by atoms with Gasteiger partial charge in [-0.2, -0.15) is 0 Å². The fraction of sp³-hybridized carbons (Fsp3) is 0.870. The maximum absolute atomic E-state index is 13.9. The van der Waals surface area contributed by atoms with Crippen molar-refractivity contribution in [3.05, 3.63) is 0 Å². The standard InChI is InChI=1S/C23H38N4O5S/c1-14(2)15(13-28)27-18(20(30)25-7-8-26-9-11-32-12-10-26)23-6-5-22(3,33-23)16(19(29)24-4)17(23)21(27)31/h14-18,28H,5-13H2,1-4H3,(H,24,29)(H,25,30)/t15-,16-,17-,18?,22+,23?/m0/s1. The van der Waals surface area contributed by atoms with Crippen molar-refractivity contribution in [2.45, 2.75) is 55.2 Å². The number of nitrogens with zero attached hydrogens (tertiary/aromatic N) is 2. The number of hydrogen-bond acceptors (Lipinski definition) is 7. The first-order valence-corrected chi connectivity index (χ1v) is 12.9. The molecule has 4 heterocycles. The molecule has 0 aromatic rings. The summed E-state index contributed by atoms with van der Waals surface area (Å²) in [4.78, 5) is 44.4. The summed E-state index contributed by atoms with van der Waals surface area (Å²) in [5.41, 5.74) is 0. The Morgan fingerprint density at radius 3 is 2.55 bits per heavy atom. The summed E-state index contributed by atoms with van der Waals surface area (Å²) in [5, 5.41) is 16.0. The van der Waals surface area contributed by atoms with Crippen LogP contribution in [0, 0.1) is 17.8 Å². The van der Waals surface area contributed by atoms with Crippen LogP contribution in [-0.2, 0) is 19.1 Å². The summed E-state index contributed by atoms with van der Waals surface area (Å²) in [6, 6.07) is -1.16. The van der Waals surface area contributed by atoms with Gasteiger partial charge in [-0.25, -0.2) is 0 Å². The monoisotopic (exact) mass is 482 g/mol. The zero-order chi connectivity index (χ0) is 24.0. The molecule has 0 aromatic carbocycles. The molecule has 9 nitrogen and oxygen atoms in total. The lowest BCUT2D eigenvalue weighted by Gasteiger charge is -2.38. The zero-order valence-electron chi connectivity index (χ0n) is 20.1. The number of aliphatic hydroxyl groups is 1. The summed E-state index contributed by atoms with van der Waals surface area (Å²) >= 11 is 1.66. The van der Waals surface area contributed by atoms with Crippen molar-refractivity contribution in [2.75, 3.05) is 53.0 Å². The van der Waals surface area contributed by atoms with E-state index in [1.165, 1.54) is 0 Å². The second kappa shape index (κ2) is 9.36. The van der Waals surface area contributed by atoms with Gasteiger partial charge in [-0.1, -0.05) is 13.8 Å². The van der Waals surface area contributed by atoms with E-state index >= 15 is 0 Å². The van der Waals surface area contributed by atoms with E-state index in [4.69, 9.17) is 4.74 Å². The number of hydrogen-bond donors (Lipinski definition) is 3. The van der Waals surface area contributed by atoms with Crippen LogP contribution in [0.15, 0.2) is 0 Å². The molecular formula is C23H38N4O5S. The van der Waals surface area contributed by atoms with Crippen molar-refractivity contribution in [2.24, 2.45) is 17.8 Å². The van der Waals surface area contributed by atoms with Crippen LogP contribution < -0.4 is 10.6 Å². The third-order valence-electron chi connectivity index (χ3n) is 8.14. The molecule has 0 aromatic heterocycles. The average molecular weight is 483 g/mol. The lowest BCUT2D eigenvalue weighted by molar-refractivity contribution is -0.144. The summed E-state index contributed by atoms with van der Waals surface area (Å²) < 4.78 is 4.38. The van der Waals surface area contributed by atoms with Gasteiger partial charge in [-0.3, -0.25) is 19.3 Å². The van der Waals surface area contributed by atoms with Crippen LogP contribution in [0.3, 0.4) is 0 Å². The first kappa shape index (κ1) is 24.8. The second-order valence-electron chi connectivity index (χ2n) is 10.3. The number of ether oxygens (including phenoxy) is 1. The predicted molar refractivity (Wildman–Crippen MR) is 126 cm³/mol. The van der Waals surface area contributed by atoms with Crippen LogP contribution >= 0.6 is 11.8 Å². The van der Waals surface area contributed by atoms with Crippen molar-refractivity contribution in [3.63, 3.8) is 0 Å². The molecule has 1 spiro atoms. The highest BCUT2D eigenvalue weighted by Gasteiger charge is 2.77. The Kier molecular flexibility index (Phi) is 7.02. The van der Waals surface area contributed by atoms with Gasteiger partial charge in [0, 0.05) is 38.0 Å². The molecule has 0 aliphatic carbocycles. The number of aliphatic hydroxyl groups excluding tert-OH is 1. The van der Waals surface area contributed by atoms with Gasteiger partial charge in [0.2, 0.25) is 17.7 Å². The Morgan fingerprint density at radius 1 is 1.24 bits per heavy atom. The minimum Gasteiger partial charge on any atom is -0.394 e. The van der Waals surface area contributed by atoms with Gasteiger partial charge in [-0.05, 0) is 25.7 Å². The Balaban J connectivity index is 1.62. The summed E-state index contributed by atoms with van der Waals surface area (Å²) in [7, 11) is 1.60. The lowest BCUT2D eigenvalue weighted by atomic mass is 9.66. The fourth-order valence-electron chi connectivity index (χ4n) is 6.46. The molecule has 4 rings (SSSR count). The first-order valence-electron chi connectivity index (χ1n) is 12.1. The molecule has 2 unspecified atom stereocenters. The largest absolute Gasteiger partial charge is 0.394 e. The van der Waals surface area contributed by atoms with Crippen LogP contribution in [0.5, 0.6) is 0 Å². The third-order valence-corrected chi connectivity index (χ3v) is 10.1. The maximum Gasteiger partial charge on any atom is 0.244 e. The zero-order valence-corrected chi connectivity index (χ0v) is 21.0. The average Bonchev–Trinajstić information content (AvgIpc) is 3.35. The lowest BCUT2D eigenvalue weighted by Crippen LogP contribution is -2.58. The van der Waals surface area contributed by atoms with Crippen molar-refractivity contribution >= 4 is 29.5 Å². The number of carbonyl (C=O) groups is 3. The van der Waals surface area contributed by atoms with Crippen molar-refractivity contribution in [1.29, 1.82) is 0 Å². The van der Waals surface area contributed by atoms with Gasteiger partial charge in [-0.15, -0.1) is 11.8 Å². The molecule has 4 aliphatic heterocycles. The third kappa shape index (κ3) is 3.96. The van der Waals surface area contributed by atoms with E-state index < -0.39 is 28.7 Å². The van der Waals surface area contributed by atoms with Gasteiger partial charge >= 0.3 is 0 Å². The number of nitrogens with one attached hydrogen (secondary N) is 2. The molecule has 33 heavy (non-hydrogen) atoms. The van der Waals surface area contributed by atoms with Crippen LogP contribution in [0.1, 0.15) is 33.6 Å². The molecule has 2 bridgehead atoms. The molecular weight excluding hydrogens is 444 g/mol. The summed E-state index contributed by atoms with van der Waals surface area (Å²) in [6.07, 6.45) is 1.50. The summed E-state index contributed by atoms with van der Waals surface area (Å²) in [6.45, 7) is 10.1. The van der Waals surface area contributed by atoms with Crippen LogP contribution in [0.2, 0.25) is 0 Å². The Hall–Kier alpha value is -1.36. The van der Waals surface area contributed by atoms with Gasteiger partial charge in [0.1, 0.15) is 6.04 Å². The molecule has 6 atom stereocenters. The van der Waals surface area contributed by atoms with Crippen molar-refractivity contribution in [1.82, 2.24) is 20.4 Å². The highest BCUT2D eigenvalue weighted by Crippen LogP contribution is 2.71. The highest BCUT2D eigenvalue weighted by atomic mass is 32.2. The van der Waals surface area contributed by atoms with E-state index in [9.17, 15) is 19.5 Å². The molecule has 4 fully saturated rings. The minimum atomic E-state index is -0.694.